The Bertz CT molecular complexity index is 149. The summed E-state index contributed by atoms with van der Waals surface area (Å²) in [5, 5.41) is 0. The average molecular weight is 182 g/mol. The van der Waals surface area contributed by atoms with Crippen molar-refractivity contribution in [2.45, 2.75) is 54.4 Å². The quantitative estimate of drug-likeness (QED) is 0.540. The monoisotopic (exact) mass is 182 g/mol. The van der Waals surface area contributed by atoms with Gasteiger partial charge in [-0.25, -0.2) is 0 Å². The Morgan fingerprint density at radius 1 is 1.23 bits per heavy atom. The van der Waals surface area contributed by atoms with Crippen LogP contribution < -0.4 is 0 Å². The van der Waals surface area contributed by atoms with Gasteiger partial charge in [-0.3, -0.25) is 0 Å². The fourth-order valence-electron chi connectivity index (χ4n) is 0.989. The van der Waals surface area contributed by atoms with E-state index in [9.17, 15) is 0 Å². The molecule has 13 heavy (non-hydrogen) atoms. The highest BCUT2D eigenvalue weighted by molar-refractivity contribution is 5.22. The zero-order chi connectivity index (χ0) is 10.9. The maximum atomic E-state index is 3.78. The highest BCUT2D eigenvalue weighted by atomic mass is 14.2. The molecule has 0 amide bonds. The molecule has 0 spiro atoms. The van der Waals surface area contributed by atoms with E-state index in [1.165, 1.54) is 18.4 Å². The lowest BCUT2D eigenvalue weighted by atomic mass is 9.82. The van der Waals surface area contributed by atoms with Gasteiger partial charge in [-0.2, -0.15) is 0 Å². The van der Waals surface area contributed by atoms with Crippen molar-refractivity contribution in [3.63, 3.8) is 0 Å². The summed E-state index contributed by atoms with van der Waals surface area (Å²) in [6, 6.07) is 0. The van der Waals surface area contributed by atoms with E-state index in [0.29, 0.717) is 5.41 Å². The molecule has 78 valence electrons. The minimum atomic E-state index is 0.302. The van der Waals surface area contributed by atoms with Crippen LogP contribution in [0.3, 0.4) is 0 Å². The summed E-state index contributed by atoms with van der Waals surface area (Å²) in [5.74, 6) is 0. The second kappa shape index (κ2) is 8.10. The van der Waals surface area contributed by atoms with Crippen molar-refractivity contribution >= 4 is 0 Å². The van der Waals surface area contributed by atoms with Crippen molar-refractivity contribution in [3.8, 4) is 0 Å². The van der Waals surface area contributed by atoms with Gasteiger partial charge in [0.05, 0.1) is 0 Å². The van der Waals surface area contributed by atoms with E-state index in [1.54, 1.807) is 0 Å². The highest BCUT2D eigenvalue weighted by Crippen LogP contribution is 2.29. The second-order valence-corrected chi connectivity index (χ2v) is 3.89. The molecule has 0 heterocycles. The number of hydrogen-bond donors (Lipinski definition) is 0. The third-order valence-corrected chi connectivity index (χ3v) is 2.20. The van der Waals surface area contributed by atoms with Gasteiger partial charge in [0.2, 0.25) is 0 Å². The van der Waals surface area contributed by atoms with Gasteiger partial charge in [-0.15, -0.1) is 0 Å². The maximum absolute atomic E-state index is 3.78. The van der Waals surface area contributed by atoms with Gasteiger partial charge in [-0.1, -0.05) is 59.8 Å². The van der Waals surface area contributed by atoms with Gasteiger partial charge in [0, 0.05) is 0 Å². The minimum absolute atomic E-state index is 0.302. The van der Waals surface area contributed by atoms with Gasteiger partial charge in [0.15, 0.2) is 0 Å². The van der Waals surface area contributed by atoms with Crippen LogP contribution in [-0.2, 0) is 0 Å². The van der Waals surface area contributed by atoms with Crippen molar-refractivity contribution in [3.05, 3.63) is 24.3 Å². The summed E-state index contributed by atoms with van der Waals surface area (Å²) < 4.78 is 0. The number of rotatable bonds is 3. The smallest absolute Gasteiger partial charge is 0.0110 e. The average Bonchev–Trinajstić information content (AvgIpc) is 2.07. The Labute approximate surface area is 84.7 Å². The minimum Gasteiger partial charge on any atom is -0.0988 e. The lowest BCUT2D eigenvalue weighted by Crippen LogP contribution is -2.11. The summed E-state index contributed by atoms with van der Waals surface area (Å²) >= 11 is 0. The molecule has 0 aliphatic carbocycles. The van der Waals surface area contributed by atoms with Gasteiger partial charge in [0.1, 0.15) is 0 Å². The molecule has 0 saturated carbocycles. The Hall–Kier alpha value is -0.520. The lowest BCUT2D eigenvalue weighted by molar-refractivity contribution is 0.439. The first-order valence-corrected chi connectivity index (χ1v) is 5.29. The van der Waals surface area contributed by atoms with Crippen LogP contribution in [0.25, 0.3) is 0 Å². The van der Waals surface area contributed by atoms with Crippen molar-refractivity contribution < 1.29 is 0 Å². The Morgan fingerprint density at radius 2 is 1.62 bits per heavy atom. The zero-order valence-electron chi connectivity index (χ0n) is 10.3. The van der Waals surface area contributed by atoms with Crippen LogP contribution in [0.15, 0.2) is 24.3 Å². The van der Waals surface area contributed by atoms with E-state index in [4.69, 9.17) is 0 Å². The van der Waals surface area contributed by atoms with E-state index < -0.39 is 0 Å². The molecule has 0 nitrogen and oxygen atoms in total. The molecule has 0 bridgehead atoms. The standard InChI is InChI=1S/C10H18.C3H8/c1-6-9(7-2)10(4,5)8-3;1-3-2/h6-7H,1,8H2,2-5H3;3H2,1-2H3/b9-7+;. The molecule has 0 atom stereocenters. The molecule has 0 saturated heterocycles. The van der Waals surface area contributed by atoms with Crippen molar-refractivity contribution in [2.75, 3.05) is 0 Å². The second-order valence-electron chi connectivity index (χ2n) is 3.89. The number of allylic oxidation sites excluding steroid dienone is 3. The van der Waals surface area contributed by atoms with Crippen molar-refractivity contribution in [1.82, 2.24) is 0 Å². The largest absolute Gasteiger partial charge is 0.0988 e. The summed E-state index contributed by atoms with van der Waals surface area (Å²) in [7, 11) is 0. The molecular weight excluding hydrogens is 156 g/mol. The summed E-state index contributed by atoms with van der Waals surface area (Å²) in [6.45, 7) is 16.8. The van der Waals surface area contributed by atoms with Crippen LogP contribution in [0.2, 0.25) is 0 Å². The van der Waals surface area contributed by atoms with Crippen LogP contribution in [0.5, 0.6) is 0 Å². The molecule has 0 fully saturated rings. The Kier molecular flexibility index (Phi) is 9.33. The molecule has 0 aromatic rings. The lowest BCUT2D eigenvalue weighted by Gasteiger charge is -2.23. The zero-order valence-corrected chi connectivity index (χ0v) is 10.3. The molecule has 0 aliphatic heterocycles. The topological polar surface area (TPSA) is 0 Å². The molecule has 0 N–H and O–H groups in total. The molecule has 0 heteroatoms. The molecule has 0 aromatic heterocycles. The SMILES string of the molecule is C=C/C(=C\C)C(C)(C)CC.CCC. The fraction of sp³-hybridized carbons (Fsp3) is 0.692. The molecule has 0 rings (SSSR count). The van der Waals surface area contributed by atoms with Crippen molar-refractivity contribution in [1.29, 1.82) is 0 Å². The van der Waals surface area contributed by atoms with Gasteiger partial charge >= 0.3 is 0 Å². The summed E-state index contributed by atoms with van der Waals surface area (Å²) in [6.07, 6.45) is 6.50. The Balaban J connectivity index is 0. The van der Waals surface area contributed by atoms with E-state index in [1.807, 2.05) is 6.08 Å². The van der Waals surface area contributed by atoms with E-state index in [0.717, 1.165) is 0 Å². The van der Waals surface area contributed by atoms with Crippen LogP contribution >= 0.6 is 0 Å². The van der Waals surface area contributed by atoms with Crippen LogP contribution in [0.1, 0.15) is 54.4 Å². The first-order chi connectivity index (χ1) is 5.99. The first kappa shape index (κ1) is 15.0. The Morgan fingerprint density at radius 3 is 1.69 bits per heavy atom. The van der Waals surface area contributed by atoms with Gasteiger partial charge < -0.3 is 0 Å². The third kappa shape index (κ3) is 6.62. The maximum Gasteiger partial charge on any atom is -0.0110 e. The van der Waals surface area contributed by atoms with Crippen LogP contribution in [0, 0.1) is 5.41 Å². The fourth-order valence-corrected chi connectivity index (χ4v) is 0.989. The highest BCUT2D eigenvalue weighted by Gasteiger charge is 2.16. The summed E-state index contributed by atoms with van der Waals surface area (Å²) in [4.78, 5) is 0. The normalized spacial score (nSPS) is 11.7. The molecule has 0 aromatic carbocycles. The predicted octanol–water partition coefficient (Wildman–Crippen LogP) is 4.97. The molecule has 0 radical (unpaired) electrons. The van der Waals surface area contributed by atoms with Crippen LogP contribution in [0.4, 0.5) is 0 Å². The first-order valence-electron chi connectivity index (χ1n) is 5.29. The van der Waals surface area contributed by atoms with Crippen molar-refractivity contribution in [2.24, 2.45) is 5.41 Å². The number of hydrogen-bond acceptors (Lipinski definition) is 0. The summed E-state index contributed by atoms with van der Waals surface area (Å²) in [5.41, 5.74) is 1.64. The van der Waals surface area contributed by atoms with E-state index in [2.05, 4.69) is 54.2 Å². The van der Waals surface area contributed by atoms with Crippen LogP contribution in [-0.4, -0.2) is 0 Å². The van der Waals surface area contributed by atoms with E-state index >= 15 is 0 Å². The predicted molar refractivity (Wildman–Crippen MR) is 64.0 cm³/mol. The molecular formula is C13H26. The molecule has 0 aliphatic rings. The molecule has 0 unspecified atom stereocenters. The van der Waals surface area contributed by atoms with Gasteiger partial charge in [-0.05, 0) is 24.3 Å². The third-order valence-electron chi connectivity index (χ3n) is 2.20. The van der Waals surface area contributed by atoms with Gasteiger partial charge in [0.25, 0.3) is 0 Å². The van der Waals surface area contributed by atoms with E-state index in [-0.39, 0.29) is 0 Å².